The normalized spacial score (nSPS) is 15.6. The summed E-state index contributed by atoms with van der Waals surface area (Å²) in [5.41, 5.74) is 3.43. The van der Waals surface area contributed by atoms with Gasteiger partial charge < -0.3 is 9.64 Å². The lowest BCUT2D eigenvalue weighted by Gasteiger charge is -2.36. The lowest BCUT2D eigenvalue weighted by molar-refractivity contribution is -0.119. The third kappa shape index (κ3) is 3.52. The van der Waals surface area contributed by atoms with Crippen LogP contribution in [0.4, 0.5) is 10.1 Å². The van der Waals surface area contributed by atoms with Crippen molar-refractivity contribution in [1.29, 1.82) is 0 Å². The number of hydrogen-bond donors (Lipinski definition) is 0. The van der Waals surface area contributed by atoms with Gasteiger partial charge in [-0.15, -0.1) is 0 Å². The van der Waals surface area contributed by atoms with Gasteiger partial charge in [-0.25, -0.2) is 4.39 Å². The molecule has 1 heterocycles. The third-order valence-electron chi connectivity index (χ3n) is 6.15. The van der Waals surface area contributed by atoms with E-state index < -0.39 is 0 Å². The van der Waals surface area contributed by atoms with Crippen LogP contribution >= 0.6 is 0 Å². The van der Waals surface area contributed by atoms with Crippen LogP contribution in [-0.2, 0) is 11.3 Å². The second-order valence-electron chi connectivity index (χ2n) is 8.02. The zero-order valence-corrected chi connectivity index (χ0v) is 17.9. The Morgan fingerprint density at radius 3 is 2.53 bits per heavy atom. The molecule has 4 aromatic carbocycles. The van der Waals surface area contributed by atoms with Gasteiger partial charge in [-0.3, -0.25) is 4.79 Å². The molecule has 32 heavy (non-hydrogen) atoms. The summed E-state index contributed by atoms with van der Waals surface area (Å²) >= 11 is 0. The van der Waals surface area contributed by atoms with Crippen LogP contribution in [0.15, 0.2) is 84.9 Å². The quantitative estimate of drug-likeness (QED) is 0.368. The Labute approximate surface area is 187 Å². The van der Waals surface area contributed by atoms with Gasteiger partial charge in [0.25, 0.3) is 0 Å². The number of rotatable bonds is 5. The largest absolute Gasteiger partial charge is 0.494 e. The minimum atomic E-state index is -0.300. The summed E-state index contributed by atoms with van der Waals surface area (Å²) in [4.78, 5) is 15.1. The number of carbonyl (C=O) groups excluding carboxylic acids is 1. The van der Waals surface area contributed by atoms with Crippen LogP contribution in [0.3, 0.4) is 0 Å². The Morgan fingerprint density at radius 2 is 1.69 bits per heavy atom. The van der Waals surface area contributed by atoms with Gasteiger partial charge in [0.1, 0.15) is 11.6 Å². The van der Waals surface area contributed by atoms with E-state index in [4.69, 9.17) is 4.74 Å². The van der Waals surface area contributed by atoms with Gasteiger partial charge in [0.05, 0.1) is 13.2 Å². The van der Waals surface area contributed by atoms with E-state index in [1.807, 2.05) is 55.5 Å². The molecule has 1 amide bonds. The highest BCUT2D eigenvalue weighted by atomic mass is 19.1. The molecule has 1 unspecified atom stereocenters. The second kappa shape index (κ2) is 8.46. The standard InChI is InChI=1S/C28H24FNO2/c1-2-32-26-14-8-6-12-22(26)23-17-27(31)30(18-20-10-4-7-13-24(20)29)25-16-15-19-9-3-5-11-21(19)28(23)25/h3-16,23H,2,17-18H2,1H3. The fourth-order valence-electron chi connectivity index (χ4n) is 4.70. The predicted molar refractivity (Wildman–Crippen MR) is 126 cm³/mol. The van der Waals surface area contributed by atoms with Crippen molar-refractivity contribution in [3.05, 3.63) is 107 Å². The number of fused-ring (bicyclic) bond motifs is 3. The molecule has 0 N–H and O–H groups in total. The molecule has 0 fully saturated rings. The smallest absolute Gasteiger partial charge is 0.228 e. The Kier molecular flexibility index (Phi) is 5.36. The van der Waals surface area contributed by atoms with Gasteiger partial charge in [-0.1, -0.05) is 66.7 Å². The number of carbonyl (C=O) groups is 1. The number of halogens is 1. The van der Waals surface area contributed by atoms with Crippen LogP contribution in [0.5, 0.6) is 5.75 Å². The van der Waals surface area contributed by atoms with Crippen molar-refractivity contribution < 1.29 is 13.9 Å². The second-order valence-corrected chi connectivity index (χ2v) is 8.02. The molecule has 5 rings (SSSR count). The first kappa shape index (κ1) is 20.3. The van der Waals surface area contributed by atoms with Crippen molar-refractivity contribution in [2.45, 2.75) is 25.8 Å². The van der Waals surface area contributed by atoms with Crippen molar-refractivity contribution in [1.82, 2.24) is 0 Å². The highest BCUT2D eigenvalue weighted by Crippen LogP contribution is 2.46. The molecule has 0 bridgehead atoms. The summed E-state index contributed by atoms with van der Waals surface area (Å²) in [5, 5.41) is 2.22. The number of amides is 1. The van der Waals surface area contributed by atoms with E-state index in [-0.39, 0.29) is 24.2 Å². The van der Waals surface area contributed by atoms with E-state index in [0.29, 0.717) is 18.6 Å². The van der Waals surface area contributed by atoms with Crippen LogP contribution in [0.25, 0.3) is 10.8 Å². The number of nitrogens with zero attached hydrogens (tertiary/aromatic N) is 1. The molecular formula is C28H24FNO2. The third-order valence-corrected chi connectivity index (χ3v) is 6.15. The molecule has 1 aliphatic rings. The van der Waals surface area contributed by atoms with E-state index in [9.17, 15) is 9.18 Å². The monoisotopic (exact) mass is 425 g/mol. The molecule has 3 nitrogen and oxygen atoms in total. The summed E-state index contributed by atoms with van der Waals surface area (Å²) in [6.45, 7) is 2.72. The summed E-state index contributed by atoms with van der Waals surface area (Å²) in [5.74, 6) is 0.344. The molecule has 0 radical (unpaired) electrons. The molecule has 1 aliphatic heterocycles. The molecule has 160 valence electrons. The summed E-state index contributed by atoms with van der Waals surface area (Å²) in [6, 6.07) is 26.8. The molecule has 0 spiro atoms. The predicted octanol–water partition coefficient (Wildman–Crippen LogP) is 6.45. The molecule has 0 saturated carbocycles. The lowest BCUT2D eigenvalue weighted by Crippen LogP contribution is -2.37. The maximum absolute atomic E-state index is 14.4. The fourth-order valence-corrected chi connectivity index (χ4v) is 4.70. The van der Waals surface area contributed by atoms with E-state index in [1.54, 1.807) is 23.1 Å². The average molecular weight is 426 g/mol. The number of hydrogen-bond acceptors (Lipinski definition) is 2. The van der Waals surface area contributed by atoms with Gasteiger partial charge in [0, 0.05) is 29.2 Å². The van der Waals surface area contributed by atoms with Crippen molar-refractivity contribution >= 4 is 22.4 Å². The molecule has 4 heteroatoms. The summed E-state index contributed by atoms with van der Waals surface area (Å²) < 4.78 is 20.3. The minimum absolute atomic E-state index is 0.0210. The first-order valence-corrected chi connectivity index (χ1v) is 10.9. The zero-order valence-electron chi connectivity index (χ0n) is 17.9. The van der Waals surface area contributed by atoms with Gasteiger partial charge in [-0.05, 0) is 41.5 Å². The van der Waals surface area contributed by atoms with Gasteiger partial charge in [0.2, 0.25) is 5.91 Å². The molecule has 0 aliphatic carbocycles. The summed E-state index contributed by atoms with van der Waals surface area (Å²) in [6.07, 6.45) is 0.305. The molecule has 4 aromatic rings. The highest BCUT2D eigenvalue weighted by Gasteiger charge is 2.35. The number of benzene rings is 4. The minimum Gasteiger partial charge on any atom is -0.494 e. The van der Waals surface area contributed by atoms with Gasteiger partial charge >= 0.3 is 0 Å². The number of anilines is 1. The molecule has 0 aromatic heterocycles. The molecular weight excluding hydrogens is 401 g/mol. The topological polar surface area (TPSA) is 29.5 Å². The van der Waals surface area contributed by atoms with Crippen molar-refractivity contribution in [3.63, 3.8) is 0 Å². The van der Waals surface area contributed by atoms with Crippen LogP contribution in [-0.4, -0.2) is 12.5 Å². The van der Waals surface area contributed by atoms with E-state index >= 15 is 0 Å². The zero-order chi connectivity index (χ0) is 22.1. The first-order valence-electron chi connectivity index (χ1n) is 10.9. The van der Waals surface area contributed by atoms with Crippen LogP contribution in [0.2, 0.25) is 0 Å². The number of ether oxygens (including phenoxy) is 1. The van der Waals surface area contributed by atoms with Crippen LogP contribution in [0, 0.1) is 5.82 Å². The Bertz CT molecular complexity index is 1300. The maximum atomic E-state index is 14.4. The average Bonchev–Trinajstić information content (AvgIpc) is 2.82. The number of para-hydroxylation sites is 1. The van der Waals surface area contributed by atoms with Crippen molar-refractivity contribution in [2.75, 3.05) is 11.5 Å². The van der Waals surface area contributed by atoms with Gasteiger partial charge in [0.15, 0.2) is 0 Å². The Balaban J connectivity index is 1.70. The summed E-state index contributed by atoms with van der Waals surface area (Å²) in [7, 11) is 0. The van der Waals surface area contributed by atoms with Gasteiger partial charge in [-0.2, -0.15) is 0 Å². The lowest BCUT2D eigenvalue weighted by atomic mass is 9.80. The molecule has 0 saturated heterocycles. The van der Waals surface area contributed by atoms with Crippen LogP contribution in [0.1, 0.15) is 36.0 Å². The van der Waals surface area contributed by atoms with Crippen molar-refractivity contribution in [3.8, 4) is 5.75 Å². The SMILES string of the molecule is CCOc1ccccc1C1CC(=O)N(Cc2ccccc2F)c2ccc3ccccc3c21. The molecule has 1 atom stereocenters. The van der Waals surface area contributed by atoms with Crippen molar-refractivity contribution in [2.24, 2.45) is 0 Å². The Hall–Kier alpha value is -3.66. The first-order chi connectivity index (χ1) is 15.7. The highest BCUT2D eigenvalue weighted by molar-refractivity contribution is 6.03. The van der Waals surface area contributed by atoms with E-state index in [2.05, 4.69) is 12.1 Å². The van der Waals surface area contributed by atoms with E-state index in [0.717, 1.165) is 33.3 Å². The Morgan fingerprint density at radius 1 is 0.938 bits per heavy atom. The fraction of sp³-hybridized carbons (Fsp3) is 0.179. The van der Waals surface area contributed by atoms with Crippen LogP contribution < -0.4 is 9.64 Å². The maximum Gasteiger partial charge on any atom is 0.228 e. The van der Waals surface area contributed by atoms with E-state index in [1.165, 1.54) is 6.07 Å².